The molecular weight excluding hydrogens is 846 g/mol. The molecule has 1 aliphatic rings. The molecule has 0 aromatic heterocycles. The summed E-state index contributed by atoms with van der Waals surface area (Å²) in [6.07, 6.45) is 27.4. The van der Waals surface area contributed by atoms with Crippen molar-refractivity contribution in [2.24, 2.45) is 11.8 Å². The number of esters is 2. The van der Waals surface area contributed by atoms with Crippen molar-refractivity contribution in [1.29, 1.82) is 0 Å². The standard InChI is InChI=1S/C44H78O16P2/c1-3-5-7-8-9-10-11-12-13-14-15-16-17-18-23-27-43(49)56-34-38(35-59-62(54,55)58-33-37(46)32-57-61(51,52)53)60-44(50)28-24-20-19-22-26-39-40(42(48)31-41(39)47)30-29-36(45)25-21-6-4-2/h5,7,9-10,12-13,29-30,36-42,45-48H,3-4,6,8,11,14-28,31-35H2,1-2H3,(H,54,55)(H2,51,52,53)/b7-5-,10-9-,13-12-,30-29+/t36-,37-,38+,39+,40+,41-,42+/m0/s1. The molecule has 0 bridgehead atoms. The minimum absolute atomic E-state index is 0.000669. The minimum atomic E-state index is -4.90. The SMILES string of the molecule is CC/C=C\C/C=C\C/C=C\CCCCCCCC(=O)OC[C@H](COP(=O)(O)OC[C@@H](O)COP(=O)(O)O)OC(=O)CCCCCC[C@@H]1[C@@H](/C=C/[C@@H](O)CCCCC)[C@H](O)C[C@@H]1O. The third kappa shape index (κ3) is 31.7. The van der Waals surface area contributed by atoms with Gasteiger partial charge in [-0.3, -0.25) is 23.2 Å². The normalized spacial score (nSPS) is 21.0. The number of hydrogen-bond acceptors (Lipinski definition) is 13. The van der Waals surface area contributed by atoms with Crippen LogP contribution < -0.4 is 0 Å². The average molecular weight is 925 g/mol. The summed E-state index contributed by atoms with van der Waals surface area (Å²) in [5, 5.41) is 41.2. The molecule has 0 aliphatic heterocycles. The lowest BCUT2D eigenvalue weighted by molar-refractivity contribution is -0.161. The van der Waals surface area contributed by atoms with E-state index < -0.39 is 84.5 Å². The minimum Gasteiger partial charge on any atom is -0.462 e. The summed E-state index contributed by atoms with van der Waals surface area (Å²) in [6, 6.07) is 0. The molecule has 0 aromatic rings. The number of carbonyl (C=O) groups is 2. The van der Waals surface area contributed by atoms with Gasteiger partial charge < -0.3 is 44.6 Å². The number of aliphatic hydroxyl groups excluding tert-OH is 4. The predicted octanol–water partition coefficient (Wildman–Crippen LogP) is 7.83. The smallest absolute Gasteiger partial charge is 0.462 e. The van der Waals surface area contributed by atoms with Crippen LogP contribution in [0.4, 0.5) is 0 Å². The van der Waals surface area contributed by atoms with Gasteiger partial charge in [0.25, 0.3) is 0 Å². The van der Waals surface area contributed by atoms with Gasteiger partial charge in [0.15, 0.2) is 6.10 Å². The van der Waals surface area contributed by atoms with Gasteiger partial charge in [-0.25, -0.2) is 9.13 Å². The van der Waals surface area contributed by atoms with E-state index in [0.717, 1.165) is 83.5 Å². The third-order valence-corrected chi connectivity index (χ3v) is 11.7. The van der Waals surface area contributed by atoms with Crippen molar-refractivity contribution < 1.29 is 76.9 Å². The van der Waals surface area contributed by atoms with E-state index in [9.17, 15) is 44.0 Å². The van der Waals surface area contributed by atoms with Gasteiger partial charge in [-0.2, -0.15) is 0 Å². The van der Waals surface area contributed by atoms with E-state index in [1.807, 2.05) is 6.08 Å². The number of hydrogen-bond donors (Lipinski definition) is 7. The van der Waals surface area contributed by atoms with E-state index in [1.165, 1.54) is 0 Å². The van der Waals surface area contributed by atoms with Crippen LogP contribution in [0.2, 0.25) is 0 Å². The van der Waals surface area contributed by atoms with Crippen LogP contribution in [0.1, 0.15) is 149 Å². The number of rotatable bonds is 38. The number of carbonyl (C=O) groups excluding carboxylic acids is 2. The van der Waals surface area contributed by atoms with Crippen LogP contribution in [-0.4, -0.2) is 104 Å². The van der Waals surface area contributed by atoms with Gasteiger partial charge in [-0.05, 0) is 63.7 Å². The number of allylic oxidation sites excluding steroid dienone is 6. The fourth-order valence-corrected chi connectivity index (χ4v) is 8.03. The van der Waals surface area contributed by atoms with E-state index in [1.54, 1.807) is 6.08 Å². The van der Waals surface area contributed by atoms with Crippen molar-refractivity contribution in [3.05, 3.63) is 48.6 Å². The number of phosphoric ester groups is 2. The molecule has 1 saturated carbocycles. The molecule has 16 nitrogen and oxygen atoms in total. The first-order chi connectivity index (χ1) is 29.6. The Bertz CT molecular complexity index is 1400. The molecule has 0 amide bonds. The van der Waals surface area contributed by atoms with Gasteiger partial charge in [0.05, 0.1) is 38.1 Å². The van der Waals surface area contributed by atoms with E-state index >= 15 is 0 Å². The topological polar surface area (TPSA) is 256 Å². The van der Waals surface area contributed by atoms with Crippen molar-refractivity contribution in [3.8, 4) is 0 Å². The maximum Gasteiger partial charge on any atom is 0.472 e. The number of unbranched alkanes of at least 4 members (excludes halogenated alkanes) is 10. The first-order valence-corrected chi connectivity index (χ1v) is 25.6. The largest absolute Gasteiger partial charge is 0.472 e. The van der Waals surface area contributed by atoms with Crippen LogP contribution in [0.3, 0.4) is 0 Å². The summed E-state index contributed by atoms with van der Waals surface area (Å²) in [5.41, 5.74) is 0. The molecule has 18 heteroatoms. The van der Waals surface area contributed by atoms with Crippen LogP contribution >= 0.6 is 15.6 Å². The molecule has 0 radical (unpaired) electrons. The first kappa shape index (κ1) is 58.0. The zero-order valence-corrected chi connectivity index (χ0v) is 38.8. The zero-order chi connectivity index (χ0) is 46.1. The second-order valence-electron chi connectivity index (χ2n) is 15.9. The molecule has 360 valence electrons. The van der Waals surface area contributed by atoms with Gasteiger partial charge >= 0.3 is 27.6 Å². The molecule has 0 spiro atoms. The van der Waals surface area contributed by atoms with Gasteiger partial charge in [0.1, 0.15) is 12.7 Å². The highest BCUT2D eigenvalue weighted by Crippen LogP contribution is 2.44. The summed E-state index contributed by atoms with van der Waals surface area (Å²) >= 11 is 0. The molecule has 0 saturated heterocycles. The number of aliphatic hydroxyl groups is 4. The highest BCUT2D eigenvalue weighted by molar-refractivity contribution is 7.47. The Morgan fingerprint density at radius 3 is 1.95 bits per heavy atom. The third-order valence-electron chi connectivity index (χ3n) is 10.3. The molecule has 0 heterocycles. The Balaban J connectivity index is 2.55. The lowest BCUT2D eigenvalue weighted by Gasteiger charge is -2.21. The van der Waals surface area contributed by atoms with Crippen LogP contribution in [0, 0.1) is 11.8 Å². The summed E-state index contributed by atoms with van der Waals surface area (Å²) in [7, 11) is -9.77. The molecule has 1 aliphatic carbocycles. The van der Waals surface area contributed by atoms with Gasteiger partial charge in [-0.15, -0.1) is 0 Å². The van der Waals surface area contributed by atoms with E-state index in [2.05, 4.69) is 59.4 Å². The summed E-state index contributed by atoms with van der Waals surface area (Å²) in [4.78, 5) is 53.0. The van der Waals surface area contributed by atoms with Crippen LogP contribution in [0.15, 0.2) is 48.6 Å². The average Bonchev–Trinajstić information content (AvgIpc) is 3.49. The first-order valence-electron chi connectivity index (χ1n) is 22.6. The van der Waals surface area contributed by atoms with Gasteiger partial charge in [0.2, 0.25) is 0 Å². The van der Waals surface area contributed by atoms with Crippen molar-refractivity contribution >= 4 is 27.6 Å². The highest BCUT2D eigenvalue weighted by Gasteiger charge is 2.39. The van der Waals surface area contributed by atoms with Crippen LogP contribution in [0.5, 0.6) is 0 Å². The van der Waals surface area contributed by atoms with Gasteiger partial charge in [-0.1, -0.05) is 120 Å². The summed E-state index contributed by atoms with van der Waals surface area (Å²) in [5.74, 6) is -1.59. The lowest BCUT2D eigenvalue weighted by Crippen LogP contribution is -2.30. The molecule has 0 aromatic carbocycles. The van der Waals surface area contributed by atoms with Crippen molar-refractivity contribution in [2.75, 3.05) is 26.4 Å². The molecular formula is C44H78O16P2. The molecule has 1 unspecified atom stereocenters. The Kier molecular flexibility index (Phi) is 33.0. The lowest BCUT2D eigenvalue weighted by atomic mass is 9.88. The van der Waals surface area contributed by atoms with Crippen molar-refractivity contribution in [3.63, 3.8) is 0 Å². The second kappa shape index (κ2) is 35.2. The van der Waals surface area contributed by atoms with E-state index in [0.29, 0.717) is 32.1 Å². The van der Waals surface area contributed by atoms with E-state index in [-0.39, 0.29) is 31.1 Å². The molecule has 1 rings (SSSR count). The van der Waals surface area contributed by atoms with Crippen LogP contribution in [-0.2, 0) is 41.8 Å². The highest BCUT2D eigenvalue weighted by atomic mass is 31.2. The number of ether oxygens (including phenoxy) is 2. The molecule has 62 heavy (non-hydrogen) atoms. The van der Waals surface area contributed by atoms with Gasteiger partial charge in [0, 0.05) is 25.2 Å². The Morgan fingerprint density at radius 1 is 0.677 bits per heavy atom. The summed E-state index contributed by atoms with van der Waals surface area (Å²) < 4.78 is 47.8. The zero-order valence-electron chi connectivity index (χ0n) is 37.0. The maximum absolute atomic E-state index is 12.8. The monoisotopic (exact) mass is 924 g/mol. The van der Waals surface area contributed by atoms with Crippen molar-refractivity contribution in [1.82, 2.24) is 0 Å². The van der Waals surface area contributed by atoms with E-state index in [4.69, 9.17) is 23.8 Å². The fourth-order valence-electron chi connectivity index (χ4n) is 6.87. The molecule has 8 atom stereocenters. The maximum atomic E-state index is 12.8. The predicted molar refractivity (Wildman–Crippen MR) is 236 cm³/mol. The molecule has 7 N–H and O–H groups in total. The molecule has 1 fully saturated rings. The van der Waals surface area contributed by atoms with Crippen molar-refractivity contribution in [2.45, 2.75) is 179 Å². The Hall–Kier alpha value is -2.04. The second-order valence-corrected chi connectivity index (χ2v) is 18.6. The Morgan fingerprint density at radius 2 is 1.27 bits per heavy atom. The summed E-state index contributed by atoms with van der Waals surface area (Å²) in [6.45, 7) is 1.28. The Labute approximate surface area is 369 Å². The number of phosphoric acid groups is 2. The quantitative estimate of drug-likeness (QED) is 0.0135. The fraction of sp³-hybridized carbons (Fsp3) is 0.773. The van der Waals surface area contributed by atoms with Crippen LogP contribution in [0.25, 0.3) is 0 Å².